The van der Waals surface area contributed by atoms with Crippen molar-refractivity contribution in [2.75, 3.05) is 6.54 Å². The van der Waals surface area contributed by atoms with Gasteiger partial charge in [-0.05, 0) is 30.5 Å². The molecular weight excluding hydrogens is 357 g/mol. The number of hydrogen-bond acceptors (Lipinski definition) is 3. The molecule has 0 aliphatic carbocycles. The molecular formula is C16H22Cl3N3O. The molecule has 2 rings (SSSR count). The normalized spacial score (nSPS) is 11.5. The molecule has 0 fully saturated rings. The van der Waals surface area contributed by atoms with E-state index < -0.39 is 0 Å². The number of nitrogens with two attached hydrogens (primary N) is 1. The highest BCUT2D eigenvalue weighted by molar-refractivity contribution is 6.31. The molecule has 3 N–H and O–H groups in total. The van der Waals surface area contributed by atoms with E-state index in [4.69, 9.17) is 17.3 Å². The maximum absolute atomic E-state index is 12.3. The lowest BCUT2D eigenvalue weighted by Crippen LogP contribution is -2.41. The monoisotopic (exact) mass is 377 g/mol. The first-order valence-electron chi connectivity index (χ1n) is 7.07. The molecule has 1 amide bonds. The molecule has 0 spiro atoms. The lowest BCUT2D eigenvalue weighted by atomic mass is 10.0. The zero-order valence-corrected chi connectivity index (χ0v) is 15.5. The van der Waals surface area contributed by atoms with Crippen LogP contribution in [0, 0.1) is 5.92 Å². The first-order valence-corrected chi connectivity index (χ1v) is 7.44. The Hall–Kier alpha value is -1.07. The Balaban J connectivity index is 0.00000242. The molecule has 128 valence electrons. The van der Waals surface area contributed by atoms with Gasteiger partial charge in [0.25, 0.3) is 5.91 Å². The van der Waals surface area contributed by atoms with Gasteiger partial charge in [0.2, 0.25) is 0 Å². The van der Waals surface area contributed by atoms with E-state index in [2.05, 4.69) is 24.1 Å². The van der Waals surface area contributed by atoms with Crippen molar-refractivity contribution in [1.29, 1.82) is 0 Å². The molecule has 1 aromatic carbocycles. The molecule has 0 radical (unpaired) electrons. The van der Waals surface area contributed by atoms with E-state index in [1.807, 2.05) is 12.1 Å². The minimum Gasteiger partial charge on any atom is -0.347 e. The third-order valence-corrected chi connectivity index (χ3v) is 3.50. The quantitative estimate of drug-likeness (QED) is 0.830. The van der Waals surface area contributed by atoms with E-state index in [9.17, 15) is 4.79 Å². The predicted molar refractivity (Wildman–Crippen MR) is 101 cm³/mol. The molecule has 0 saturated carbocycles. The molecule has 4 nitrogen and oxygen atoms in total. The Bertz CT molecular complexity index is 650. The highest BCUT2D eigenvalue weighted by atomic mass is 35.5. The summed E-state index contributed by atoms with van der Waals surface area (Å²) in [7, 11) is 0. The summed E-state index contributed by atoms with van der Waals surface area (Å²) in [5.41, 5.74) is 6.80. The van der Waals surface area contributed by atoms with E-state index in [1.165, 1.54) is 0 Å². The third kappa shape index (κ3) is 6.15. The number of nitrogens with one attached hydrogen (secondary N) is 1. The second-order valence-corrected chi connectivity index (χ2v) is 6.01. The number of pyridine rings is 1. The Morgan fingerprint density at radius 2 is 1.91 bits per heavy atom. The van der Waals surface area contributed by atoms with Crippen molar-refractivity contribution in [3.05, 3.63) is 41.0 Å². The van der Waals surface area contributed by atoms with Gasteiger partial charge in [0, 0.05) is 23.0 Å². The van der Waals surface area contributed by atoms with Crippen molar-refractivity contribution in [1.82, 2.24) is 10.3 Å². The van der Waals surface area contributed by atoms with Crippen molar-refractivity contribution in [3.63, 3.8) is 0 Å². The van der Waals surface area contributed by atoms with Crippen LogP contribution in [-0.4, -0.2) is 23.5 Å². The number of amides is 1. The molecule has 1 atom stereocenters. The Kier molecular flexibility index (Phi) is 9.47. The van der Waals surface area contributed by atoms with E-state index in [0.29, 0.717) is 28.7 Å². The minimum absolute atomic E-state index is 0. The Labute approximate surface area is 154 Å². The van der Waals surface area contributed by atoms with Crippen molar-refractivity contribution < 1.29 is 4.79 Å². The molecule has 0 bridgehead atoms. The van der Waals surface area contributed by atoms with Crippen LogP contribution >= 0.6 is 36.4 Å². The van der Waals surface area contributed by atoms with E-state index in [1.54, 1.807) is 18.2 Å². The Morgan fingerprint density at radius 3 is 2.52 bits per heavy atom. The van der Waals surface area contributed by atoms with Crippen LogP contribution in [0.4, 0.5) is 0 Å². The number of nitrogens with zero attached hydrogens (tertiary/aromatic N) is 1. The SMILES string of the molecule is CC(C)CC(CN)NC(=O)c1ccc2ccc(Cl)cc2n1.Cl.Cl. The first-order chi connectivity index (χ1) is 9.99. The standard InChI is InChI=1S/C16H20ClN3O.2ClH/c1-10(2)7-13(9-18)19-16(21)14-6-4-11-3-5-12(17)8-15(11)20-14;;/h3-6,8,10,13H,7,9,18H2,1-2H3,(H,19,21);2*1H. The summed E-state index contributed by atoms with van der Waals surface area (Å²) in [6, 6.07) is 8.99. The average Bonchev–Trinajstić information content (AvgIpc) is 2.45. The van der Waals surface area contributed by atoms with Crippen molar-refractivity contribution >= 4 is 53.2 Å². The fourth-order valence-electron chi connectivity index (χ4n) is 2.26. The van der Waals surface area contributed by atoms with E-state index in [0.717, 1.165) is 11.8 Å². The number of fused-ring (bicyclic) bond motifs is 1. The van der Waals surface area contributed by atoms with Crippen LogP contribution < -0.4 is 11.1 Å². The van der Waals surface area contributed by atoms with Crippen LogP contribution in [0.25, 0.3) is 10.9 Å². The van der Waals surface area contributed by atoms with E-state index >= 15 is 0 Å². The molecule has 1 unspecified atom stereocenters. The van der Waals surface area contributed by atoms with Gasteiger partial charge in [0.1, 0.15) is 5.69 Å². The van der Waals surface area contributed by atoms with Gasteiger partial charge in [-0.3, -0.25) is 4.79 Å². The number of halogens is 3. The zero-order valence-electron chi connectivity index (χ0n) is 13.1. The second-order valence-electron chi connectivity index (χ2n) is 5.57. The maximum atomic E-state index is 12.3. The van der Waals surface area contributed by atoms with Crippen LogP contribution in [0.2, 0.25) is 5.02 Å². The first kappa shape index (κ1) is 21.9. The largest absolute Gasteiger partial charge is 0.347 e. The number of rotatable bonds is 5. The van der Waals surface area contributed by atoms with E-state index in [-0.39, 0.29) is 36.8 Å². The molecule has 1 aromatic heterocycles. The molecule has 0 aliphatic rings. The van der Waals surface area contributed by atoms with Crippen LogP contribution in [-0.2, 0) is 0 Å². The van der Waals surface area contributed by atoms with Gasteiger partial charge in [0.15, 0.2) is 0 Å². The summed E-state index contributed by atoms with van der Waals surface area (Å²) < 4.78 is 0. The fourth-order valence-corrected chi connectivity index (χ4v) is 2.43. The molecule has 0 aliphatic heterocycles. The van der Waals surface area contributed by atoms with Crippen molar-refractivity contribution in [2.24, 2.45) is 11.7 Å². The van der Waals surface area contributed by atoms with Gasteiger partial charge >= 0.3 is 0 Å². The lowest BCUT2D eigenvalue weighted by molar-refractivity contribution is 0.0929. The fraction of sp³-hybridized carbons (Fsp3) is 0.375. The number of benzene rings is 1. The zero-order chi connectivity index (χ0) is 15.4. The third-order valence-electron chi connectivity index (χ3n) is 3.26. The van der Waals surface area contributed by atoms with Crippen LogP contribution in [0.5, 0.6) is 0 Å². The lowest BCUT2D eigenvalue weighted by Gasteiger charge is -2.18. The summed E-state index contributed by atoms with van der Waals surface area (Å²) in [5.74, 6) is 0.273. The number of aromatic nitrogens is 1. The number of carbonyl (C=O) groups excluding carboxylic acids is 1. The summed E-state index contributed by atoms with van der Waals surface area (Å²) >= 11 is 5.96. The second kappa shape index (κ2) is 9.93. The smallest absolute Gasteiger partial charge is 0.270 e. The average molecular weight is 379 g/mol. The van der Waals surface area contributed by atoms with Gasteiger partial charge in [-0.1, -0.05) is 37.6 Å². The summed E-state index contributed by atoms with van der Waals surface area (Å²) in [6.07, 6.45) is 0.849. The molecule has 23 heavy (non-hydrogen) atoms. The van der Waals surface area contributed by atoms with Crippen molar-refractivity contribution in [3.8, 4) is 0 Å². The number of hydrogen-bond donors (Lipinski definition) is 2. The maximum Gasteiger partial charge on any atom is 0.270 e. The summed E-state index contributed by atoms with van der Waals surface area (Å²) in [6.45, 7) is 4.62. The highest BCUT2D eigenvalue weighted by Crippen LogP contribution is 2.18. The van der Waals surface area contributed by atoms with Gasteiger partial charge < -0.3 is 11.1 Å². The molecule has 2 aromatic rings. The summed E-state index contributed by atoms with van der Waals surface area (Å²) in [4.78, 5) is 16.6. The topological polar surface area (TPSA) is 68.0 Å². The van der Waals surface area contributed by atoms with Crippen LogP contribution in [0.3, 0.4) is 0 Å². The van der Waals surface area contributed by atoms with Gasteiger partial charge in [-0.15, -0.1) is 24.8 Å². The summed E-state index contributed by atoms with van der Waals surface area (Å²) in [5, 5.41) is 4.49. The predicted octanol–water partition coefficient (Wildman–Crippen LogP) is 3.84. The molecule has 0 saturated heterocycles. The number of carbonyl (C=O) groups is 1. The minimum atomic E-state index is -0.201. The van der Waals surface area contributed by atoms with Gasteiger partial charge in [-0.2, -0.15) is 0 Å². The van der Waals surface area contributed by atoms with Crippen LogP contribution in [0.1, 0.15) is 30.8 Å². The van der Waals surface area contributed by atoms with Gasteiger partial charge in [-0.25, -0.2) is 4.98 Å². The van der Waals surface area contributed by atoms with Crippen molar-refractivity contribution in [2.45, 2.75) is 26.3 Å². The van der Waals surface area contributed by atoms with Gasteiger partial charge in [0.05, 0.1) is 5.52 Å². The van der Waals surface area contributed by atoms with Crippen LogP contribution in [0.15, 0.2) is 30.3 Å². The Morgan fingerprint density at radius 1 is 1.26 bits per heavy atom. The highest BCUT2D eigenvalue weighted by Gasteiger charge is 2.15. The molecule has 7 heteroatoms. The molecule has 1 heterocycles.